The van der Waals surface area contributed by atoms with Gasteiger partial charge in [0, 0.05) is 6.08 Å². The Balaban J connectivity index is 3.08. The van der Waals surface area contributed by atoms with E-state index in [9.17, 15) is 14.4 Å². The van der Waals surface area contributed by atoms with E-state index in [1.807, 2.05) is 0 Å². The standard InChI is InChI=1S/C15H23NO6/c1-14(2,3)22-13(19)16-10(9-21-15(16,4)5)12(18)11(20-6)7-8-17/h7-8,10H,9H2,1-6H3/b11-7+/t10-/m0/s1. The van der Waals surface area contributed by atoms with E-state index in [1.165, 1.54) is 12.0 Å². The van der Waals surface area contributed by atoms with E-state index < -0.39 is 29.2 Å². The number of aldehydes is 1. The van der Waals surface area contributed by atoms with Crippen LogP contribution in [0.4, 0.5) is 4.79 Å². The van der Waals surface area contributed by atoms with Gasteiger partial charge in [0.05, 0.1) is 13.7 Å². The fraction of sp³-hybridized carbons (Fsp3) is 0.667. The Hall–Kier alpha value is -1.89. The molecule has 0 aliphatic carbocycles. The normalized spacial score (nSPS) is 21.5. The molecular formula is C15H23NO6. The summed E-state index contributed by atoms with van der Waals surface area (Å²) in [6.07, 6.45) is 0.811. The average molecular weight is 313 g/mol. The average Bonchev–Trinajstić information content (AvgIpc) is 2.68. The highest BCUT2D eigenvalue weighted by Gasteiger charge is 2.49. The largest absolute Gasteiger partial charge is 0.493 e. The van der Waals surface area contributed by atoms with Crippen LogP contribution < -0.4 is 0 Å². The topological polar surface area (TPSA) is 82.1 Å². The Morgan fingerprint density at radius 1 is 1.32 bits per heavy atom. The van der Waals surface area contributed by atoms with Crippen molar-refractivity contribution in [1.29, 1.82) is 0 Å². The van der Waals surface area contributed by atoms with Crippen molar-refractivity contribution in [2.75, 3.05) is 13.7 Å². The molecule has 0 aromatic heterocycles. The van der Waals surface area contributed by atoms with Gasteiger partial charge in [0.15, 0.2) is 5.76 Å². The minimum atomic E-state index is -0.997. The van der Waals surface area contributed by atoms with Gasteiger partial charge in [0.1, 0.15) is 23.7 Å². The number of ketones is 1. The van der Waals surface area contributed by atoms with Gasteiger partial charge in [0.25, 0.3) is 0 Å². The van der Waals surface area contributed by atoms with Crippen LogP contribution in [0.1, 0.15) is 34.6 Å². The zero-order valence-corrected chi connectivity index (χ0v) is 13.8. The summed E-state index contributed by atoms with van der Waals surface area (Å²) in [5.74, 6) is -0.638. The van der Waals surface area contributed by atoms with Gasteiger partial charge in [-0.05, 0) is 34.6 Å². The van der Waals surface area contributed by atoms with E-state index in [0.717, 1.165) is 6.08 Å². The van der Waals surface area contributed by atoms with Crippen molar-refractivity contribution in [1.82, 2.24) is 4.90 Å². The van der Waals surface area contributed by atoms with Gasteiger partial charge in [-0.15, -0.1) is 0 Å². The quantitative estimate of drug-likeness (QED) is 0.446. The van der Waals surface area contributed by atoms with Crippen molar-refractivity contribution in [2.24, 2.45) is 0 Å². The van der Waals surface area contributed by atoms with Crippen molar-refractivity contribution >= 4 is 18.2 Å². The molecule has 0 saturated carbocycles. The number of allylic oxidation sites excluding steroid dienone is 1. The molecule has 1 saturated heterocycles. The van der Waals surface area contributed by atoms with E-state index in [-0.39, 0.29) is 12.4 Å². The first-order valence-corrected chi connectivity index (χ1v) is 6.93. The monoisotopic (exact) mass is 313 g/mol. The lowest BCUT2D eigenvalue weighted by molar-refractivity contribution is -0.124. The van der Waals surface area contributed by atoms with Gasteiger partial charge in [-0.3, -0.25) is 14.5 Å². The fourth-order valence-corrected chi connectivity index (χ4v) is 2.13. The molecule has 0 bridgehead atoms. The summed E-state index contributed by atoms with van der Waals surface area (Å²) in [7, 11) is 1.28. The van der Waals surface area contributed by atoms with Gasteiger partial charge < -0.3 is 14.2 Å². The molecule has 7 heteroatoms. The zero-order chi connectivity index (χ0) is 17.1. The van der Waals surface area contributed by atoms with Gasteiger partial charge in [-0.25, -0.2) is 4.79 Å². The number of hydrogen-bond acceptors (Lipinski definition) is 6. The van der Waals surface area contributed by atoms with Crippen molar-refractivity contribution in [3.63, 3.8) is 0 Å². The molecule has 0 unspecified atom stereocenters. The zero-order valence-electron chi connectivity index (χ0n) is 13.8. The van der Waals surface area contributed by atoms with Crippen LogP contribution in [-0.4, -0.2) is 54.1 Å². The Bertz CT molecular complexity index is 489. The lowest BCUT2D eigenvalue weighted by Gasteiger charge is -2.34. The molecule has 7 nitrogen and oxygen atoms in total. The van der Waals surface area contributed by atoms with Crippen molar-refractivity contribution in [2.45, 2.75) is 52.0 Å². The molecule has 124 valence electrons. The molecule has 1 aliphatic heterocycles. The van der Waals surface area contributed by atoms with Crippen LogP contribution >= 0.6 is 0 Å². The number of amides is 1. The van der Waals surface area contributed by atoms with Crippen LogP contribution in [-0.2, 0) is 23.8 Å². The molecule has 1 heterocycles. The molecule has 1 atom stereocenters. The number of hydrogen-bond donors (Lipinski definition) is 0. The summed E-state index contributed by atoms with van der Waals surface area (Å²) in [6.45, 7) is 8.54. The van der Waals surface area contributed by atoms with Gasteiger partial charge in [0.2, 0.25) is 5.78 Å². The number of carbonyl (C=O) groups is 3. The van der Waals surface area contributed by atoms with E-state index in [4.69, 9.17) is 14.2 Å². The maximum absolute atomic E-state index is 12.5. The summed E-state index contributed by atoms with van der Waals surface area (Å²) in [5.41, 5.74) is -1.70. The molecule has 0 spiro atoms. The van der Waals surface area contributed by atoms with Crippen LogP contribution in [0.5, 0.6) is 0 Å². The fourth-order valence-electron chi connectivity index (χ4n) is 2.13. The van der Waals surface area contributed by atoms with E-state index in [0.29, 0.717) is 6.29 Å². The number of nitrogens with zero attached hydrogens (tertiary/aromatic N) is 1. The molecule has 1 rings (SSSR count). The van der Waals surface area contributed by atoms with E-state index in [2.05, 4.69) is 0 Å². The minimum absolute atomic E-state index is 0.00460. The predicted molar refractivity (Wildman–Crippen MR) is 78.1 cm³/mol. The molecule has 0 N–H and O–H groups in total. The second-order valence-corrected chi connectivity index (χ2v) is 6.36. The van der Waals surface area contributed by atoms with E-state index >= 15 is 0 Å². The molecular weight excluding hydrogens is 290 g/mol. The summed E-state index contributed by atoms with van der Waals surface area (Å²) in [6, 6.07) is -0.906. The van der Waals surface area contributed by atoms with Gasteiger partial charge >= 0.3 is 6.09 Å². The number of Topliss-reactive ketones (excluding diaryl/α,β-unsaturated/α-hetero) is 1. The molecule has 0 aromatic carbocycles. The minimum Gasteiger partial charge on any atom is -0.493 e. The molecule has 22 heavy (non-hydrogen) atoms. The lowest BCUT2D eigenvalue weighted by atomic mass is 10.1. The molecule has 1 amide bonds. The highest BCUT2D eigenvalue weighted by Crippen LogP contribution is 2.30. The van der Waals surface area contributed by atoms with Crippen LogP contribution in [0.25, 0.3) is 0 Å². The molecule has 0 radical (unpaired) electrons. The Morgan fingerprint density at radius 3 is 2.36 bits per heavy atom. The van der Waals surface area contributed by atoms with Crippen LogP contribution in [0.2, 0.25) is 0 Å². The van der Waals surface area contributed by atoms with E-state index in [1.54, 1.807) is 34.6 Å². The smallest absolute Gasteiger partial charge is 0.413 e. The van der Waals surface area contributed by atoms with Gasteiger partial charge in [-0.1, -0.05) is 0 Å². The summed E-state index contributed by atoms with van der Waals surface area (Å²) in [4.78, 5) is 36.7. The van der Waals surface area contributed by atoms with Crippen LogP contribution in [0.3, 0.4) is 0 Å². The van der Waals surface area contributed by atoms with Crippen molar-refractivity contribution < 1.29 is 28.6 Å². The van der Waals surface area contributed by atoms with Crippen molar-refractivity contribution in [3.8, 4) is 0 Å². The van der Waals surface area contributed by atoms with Gasteiger partial charge in [-0.2, -0.15) is 0 Å². The third kappa shape index (κ3) is 4.07. The third-order valence-corrected chi connectivity index (χ3v) is 3.06. The summed E-state index contributed by atoms with van der Waals surface area (Å²) < 4.78 is 15.8. The first-order valence-electron chi connectivity index (χ1n) is 6.93. The van der Waals surface area contributed by atoms with Crippen LogP contribution in [0.15, 0.2) is 11.8 Å². The Labute approximate surface area is 130 Å². The SMILES string of the molecule is CO/C(=C/C=O)C(=O)[C@@H]1COC(C)(C)N1C(=O)OC(C)(C)C. The highest BCUT2D eigenvalue weighted by atomic mass is 16.6. The number of methoxy groups -OCH3 is 1. The number of carbonyl (C=O) groups excluding carboxylic acids is 3. The first-order chi connectivity index (χ1) is 10.0. The predicted octanol–water partition coefficient (Wildman–Crippen LogP) is 1.66. The van der Waals surface area contributed by atoms with Crippen LogP contribution in [0, 0.1) is 0 Å². The molecule has 0 aromatic rings. The first kappa shape index (κ1) is 18.2. The second-order valence-electron chi connectivity index (χ2n) is 6.36. The molecule has 1 aliphatic rings. The second kappa shape index (κ2) is 6.48. The van der Waals surface area contributed by atoms with Crippen molar-refractivity contribution in [3.05, 3.63) is 11.8 Å². The third-order valence-electron chi connectivity index (χ3n) is 3.06. The highest BCUT2D eigenvalue weighted by molar-refractivity contribution is 6.01. The summed E-state index contributed by atoms with van der Waals surface area (Å²) in [5, 5.41) is 0. The lowest BCUT2D eigenvalue weighted by Crippen LogP contribution is -2.52. The number of ether oxygens (including phenoxy) is 3. The molecule has 1 fully saturated rings. The maximum Gasteiger partial charge on any atom is 0.413 e. The summed E-state index contributed by atoms with van der Waals surface area (Å²) >= 11 is 0. The Morgan fingerprint density at radius 2 is 1.91 bits per heavy atom. The maximum atomic E-state index is 12.5. The Kier molecular flexibility index (Phi) is 5.35. The number of rotatable bonds is 4.